The van der Waals surface area contributed by atoms with Crippen LogP contribution in [0.15, 0.2) is 72.1 Å². The van der Waals surface area contributed by atoms with Crippen LogP contribution in [-0.2, 0) is 17.9 Å². The quantitative estimate of drug-likeness (QED) is 0.488. The van der Waals surface area contributed by atoms with Gasteiger partial charge < -0.3 is 15.1 Å². The summed E-state index contributed by atoms with van der Waals surface area (Å²) in [5.41, 5.74) is 1.12. The number of anilines is 1. The zero-order chi connectivity index (χ0) is 22.1. The molecule has 3 rings (SSSR count). The summed E-state index contributed by atoms with van der Waals surface area (Å²) in [5.74, 6) is -0.670. The lowest BCUT2D eigenvalue weighted by Crippen LogP contribution is -2.44. The fraction of sp³-hybridized carbons (Fsp3) is 0.250. The maximum Gasteiger partial charge on any atom is 0.322 e. The van der Waals surface area contributed by atoms with Gasteiger partial charge in [0.25, 0.3) is 0 Å². The number of urea groups is 1. The molecule has 1 aromatic heterocycles. The first-order valence-corrected chi connectivity index (χ1v) is 11.1. The van der Waals surface area contributed by atoms with Gasteiger partial charge in [-0.2, -0.15) is 0 Å². The maximum atomic E-state index is 13.9. The summed E-state index contributed by atoms with van der Waals surface area (Å²) in [5, 5.41) is 4.56. The van der Waals surface area contributed by atoms with Gasteiger partial charge in [0.15, 0.2) is 0 Å². The van der Waals surface area contributed by atoms with Crippen molar-refractivity contribution < 1.29 is 14.0 Å². The lowest BCUT2D eigenvalue weighted by Gasteiger charge is -2.27. The molecule has 162 valence electrons. The lowest BCUT2D eigenvalue weighted by molar-refractivity contribution is -0.133. The van der Waals surface area contributed by atoms with Gasteiger partial charge in [0.2, 0.25) is 5.91 Å². The van der Waals surface area contributed by atoms with Crippen LogP contribution in [-0.4, -0.2) is 34.8 Å². The molecular formula is C24H26FN3O2S. The number of amides is 3. The van der Waals surface area contributed by atoms with Crippen LogP contribution in [0.25, 0.3) is 0 Å². The van der Waals surface area contributed by atoms with Crippen molar-refractivity contribution in [3.8, 4) is 0 Å². The first-order chi connectivity index (χ1) is 15.1. The third-order valence-corrected chi connectivity index (χ3v) is 5.58. The smallest absolute Gasteiger partial charge is 0.322 e. The van der Waals surface area contributed by atoms with Crippen LogP contribution >= 0.6 is 11.3 Å². The van der Waals surface area contributed by atoms with Gasteiger partial charge in [-0.1, -0.05) is 55.5 Å². The molecule has 2 aromatic carbocycles. The SMILES string of the molecule is CCCN(CC(=O)N(Cc1ccccc1)Cc1cccs1)C(=O)Nc1ccccc1F. The molecule has 0 aliphatic heterocycles. The molecule has 0 unspecified atom stereocenters. The van der Waals surface area contributed by atoms with E-state index in [1.54, 1.807) is 28.4 Å². The van der Waals surface area contributed by atoms with Crippen LogP contribution in [0, 0.1) is 5.82 Å². The highest BCUT2D eigenvalue weighted by Gasteiger charge is 2.22. The molecule has 31 heavy (non-hydrogen) atoms. The van der Waals surface area contributed by atoms with E-state index in [1.807, 2.05) is 54.8 Å². The van der Waals surface area contributed by atoms with E-state index < -0.39 is 11.8 Å². The molecule has 0 bridgehead atoms. The fourth-order valence-corrected chi connectivity index (χ4v) is 3.89. The predicted molar refractivity (Wildman–Crippen MR) is 122 cm³/mol. The zero-order valence-electron chi connectivity index (χ0n) is 17.5. The highest BCUT2D eigenvalue weighted by Crippen LogP contribution is 2.16. The Labute approximate surface area is 186 Å². The van der Waals surface area contributed by atoms with E-state index in [0.29, 0.717) is 26.1 Å². The Balaban J connectivity index is 1.73. The molecule has 0 saturated heterocycles. The number of para-hydroxylation sites is 1. The predicted octanol–water partition coefficient (Wildman–Crippen LogP) is 5.36. The molecule has 1 N–H and O–H groups in total. The van der Waals surface area contributed by atoms with Crippen molar-refractivity contribution in [1.82, 2.24) is 9.80 Å². The number of thiophene rings is 1. The lowest BCUT2D eigenvalue weighted by atomic mass is 10.2. The summed E-state index contributed by atoms with van der Waals surface area (Å²) in [7, 11) is 0. The first-order valence-electron chi connectivity index (χ1n) is 10.2. The van der Waals surface area contributed by atoms with Gasteiger partial charge in [-0.25, -0.2) is 9.18 Å². The van der Waals surface area contributed by atoms with Gasteiger partial charge in [-0.05, 0) is 35.6 Å². The number of carbonyl (C=O) groups excluding carboxylic acids is 2. The monoisotopic (exact) mass is 439 g/mol. The highest BCUT2D eigenvalue weighted by molar-refractivity contribution is 7.09. The Morgan fingerprint density at radius 1 is 0.935 bits per heavy atom. The van der Waals surface area contributed by atoms with Gasteiger partial charge in [0.1, 0.15) is 12.4 Å². The zero-order valence-corrected chi connectivity index (χ0v) is 18.3. The van der Waals surface area contributed by atoms with Crippen LogP contribution in [0.5, 0.6) is 0 Å². The molecule has 0 fully saturated rings. The molecule has 0 radical (unpaired) electrons. The third-order valence-electron chi connectivity index (χ3n) is 4.72. The Kier molecular flexibility index (Phi) is 8.18. The van der Waals surface area contributed by atoms with Crippen LogP contribution in [0.3, 0.4) is 0 Å². The number of nitrogens with zero attached hydrogens (tertiary/aromatic N) is 2. The standard InChI is InChI=1S/C24H26FN3O2S/c1-2-14-27(24(30)26-22-13-7-6-12-21(22)25)18-23(29)28(17-20-11-8-15-31-20)16-19-9-4-3-5-10-19/h3-13,15H,2,14,16-18H2,1H3,(H,26,30). The molecule has 0 spiro atoms. The molecule has 1 heterocycles. The Morgan fingerprint density at radius 3 is 2.35 bits per heavy atom. The molecule has 0 aliphatic carbocycles. The Hall–Kier alpha value is -3.19. The van der Waals surface area contributed by atoms with Gasteiger partial charge in [-0.3, -0.25) is 4.79 Å². The first kappa shape index (κ1) is 22.5. The van der Waals surface area contributed by atoms with Crippen LogP contribution in [0.2, 0.25) is 0 Å². The van der Waals surface area contributed by atoms with Crippen LogP contribution < -0.4 is 5.32 Å². The molecule has 0 saturated carbocycles. The highest BCUT2D eigenvalue weighted by atomic mass is 32.1. The normalized spacial score (nSPS) is 10.5. The number of halogens is 1. The van der Waals surface area contributed by atoms with E-state index in [-0.39, 0.29) is 18.1 Å². The van der Waals surface area contributed by atoms with Crippen LogP contribution in [0.1, 0.15) is 23.8 Å². The van der Waals surface area contributed by atoms with Crippen molar-refractivity contribution in [2.45, 2.75) is 26.4 Å². The summed E-state index contributed by atoms with van der Waals surface area (Å²) >= 11 is 1.59. The number of benzene rings is 2. The molecule has 7 heteroatoms. The van der Waals surface area contributed by atoms with E-state index in [0.717, 1.165) is 10.4 Å². The minimum absolute atomic E-state index is 0.0770. The average Bonchev–Trinajstić information content (AvgIpc) is 3.28. The number of carbonyl (C=O) groups is 2. The van der Waals surface area contributed by atoms with Gasteiger partial charge >= 0.3 is 6.03 Å². The molecule has 3 amide bonds. The molecule has 0 atom stereocenters. The molecule has 0 aliphatic rings. The number of hydrogen-bond donors (Lipinski definition) is 1. The fourth-order valence-electron chi connectivity index (χ4n) is 3.17. The summed E-state index contributed by atoms with van der Waals surface area (Å²) in [6, 6.07) is 19.2. The summed E-state index contributed by atoms with van der Waals surface area (Å²) in [6.45, 7) is 3.17. The van der Waals surface area contributed by atoms with Gasteiger partial charge in [-0.15, -0.1) is 11.3 Å². The number of rotatable bonds is 9. The largest absolute Gasteiger partial charge is 0.332 e. The third kappa shape index (κ3) is 6.65. The van der Waals surface area contributed by atoms with Crippen molar-refractivity contribution in [1.29, 1.82) is 0 Å². The van der Waals surface area contributed by atoms with Gasteiger partial charge in [0, 0.05) is 18.0 Å². The van der Waals surface area contributed by atoms with Crippen molar-refractivity contribution in [3.05, 3.63) is 88.4 Å². The van der Waals surface area contributed by atoms with Crippen molar-refractivity contribution in [3.63, 3.8) is 0 Å². The number of nitrogens with one attached hydrogen (secondary N) is 1. The van der Waals surface area contributed by atoms with E-state index in [2.05, 4.69) is 5.32 Å². The minimum atomic E-state index is -0.512. The van der Waals surface area contributed by atoms with E-state index in [1.165, 1.54) is 17.0 Å². The number of hydrogen-bond acceptors (Lipinski definition) is 3. The van der Waals surface area contributed by atoms with Crippen LogP contribution in [0.4, 0.5) is 14.9 Å². The molecule has 3 aromatic rings. The molecular weight excluding hydrogens is 413 g/mol. The van der Waals surface area contributed by atoms with E-state index in [4.69, 9.17) is 0 Å². The van der Waals surface area contributed by atoms with E-state index >= 15 is 0 Å². The summed E-state index contributed by atoms with van der Waals surface area (Å²) in [4.78, 5) is 30.2. The van der Waals surface area contributed by atoms with Crippen molar-refractivity contribution in [2.75, 3.05) is 18.4 Å². The second-order valence-corrected chi connectivity index (χ2v) is 8.18. The second-order valence-electron chi connectivity index (χ2n) is 7.15. The van der Waals surface area contributed by atoms with Crippen molar-refractivity contribution in [2.24, 2.45) is 0 Å². The summed E-state index contributed by atoms with van der Waals surface area (Å²) < 4.78 is 13.9. The van der Waals surface area contributed by atoms with Crippen molar-refractivity contribution >= 4 is 29.0 Å². The average molecular weight is 440 g/mol. The minimum Gasteiger partial charge on any atom is -0.332 e. The van der Waals surface area contributed by atoms with Gasteiger partial charge in [0.05, 0.1) is 12.2 Å². The Bertz CT molecular complexity index is 980. The molecule has 5 nitrogen and oxygen atoms in total. The second kappa shape index (κ2) is 11.3. The topological polar surface area (TPSA) is 52.7 Å². The van der Waals surface area contributed by atoms with E-state index in [9.17, 15) is 14.0 Å². The summed E-state index contributed by atoms with van der Waals surface area (Å²) in [6.07, 6.45) is 0.682. The Morgan fingerprint density at radius 2 is 1.68 bits per heavy atom. The maximum absolute atomic E-state index is 13.9.